The van der Waals surface area contributed by atoms with Gasteiger partial charge in [0.2, 0.25) is 0 Å². The zero-order valence-corrected chi connectivity index (χ0v) is 13.6. The van der Waals surface area contributed by atoms with E-state index in [1.54, 1.807) is 6.92 Å². The smallest absolute Gasteiger partial charge is 0.129 e. The summed E-state index contributed by atoms with van der Waals surface area (Å²) in [5, 5.41) is 0. The lowest BCUT2D eigenvalue weighted by Gasteiger charge is -2.59. The van der Waals surface area contributed by atoms with E-state index in [1.807, 2.05) is 0 Å². The normalized spacial score (nSPS) is 46.0. The third-order valence-electron chi connectivity index (χ3n) is 6.86. The second-order valence-corrected chi connectivity index (χ2v) is 8.59. The zero-order chi connectivity index (χ0) is 14.6. The number of Topliss-reactive ketones (excluding diaryl/α,β-unsaturated/α-hetero) is 1. The molecule has 2 nitrogen and oxygen atoms in total. The SMILES string of the molecule is CC(=O)CCC1C2(CCC3C(C)(C)CCCC31C)CO2. The summed E-state index contributed by atoms with van der Waals surface area (Å²) in [5.41, 5.74) is 0.984. The third kappa shape index (κ3) is 2.15. The van der Waals surface area contributed by atoms with E-state index in [1.165, 1.54) is 32.1 Å². The predicted molar refractivity (Wildman–Crippen MR) is 80.6 cm³/mol. The standard InChI is InChI=1S/C18H30O2/c1-13(19)6-7-15-17(4)10-5-9-16(2,3)14(17)8-11-18(15)12-20-18/h14-15H,5-12H2,1-4H3. The van der Waals surface area contributed by atoms with Crippen LogP contribution in [0.3, 0.4) is 0 Å². The number of carbonyl (C=O) groups excluding carboxylic acids is 1. The lowest BCUT2D eigenvalue weighted by atomic mass is 9.46. The fourth-order valence-corrected chi connectivity index (χ4v) is 5.85. The molecule has 4 unspecified atom stereocenters. The maximum atomic E-state index is 11.5. The first kappa shape index (κ1) is 14.6. The van der Waals surface area contributed by atoms with Gasteiger partial charge in [-0.25, -0.2) is 0 Å². The van der Waals surface area contributed by atoms with Crippen LogP contribution in [0.15, 0.2) is 0 Å². The minimum absolute atomic E-state index is 0.147. The lowest BCUT2D eigenvalue weighted by molar-refractivity contribution is -0.122. The summed E-state index contributed by atoms with van der Waals surface area (Å²) >= 11 is 0. The number of carbonyl (C=O) groups is 1. The van der Waals surface area contributed by atoms with E-state index in [0.29, 0.717) is 22.5 Å². The van der Waals surface area contributed by atoms with Crippen molar-refractivity contribution in [3.63, 3.8) is 0 Å². The average Bonchev–Trinajstić information content (AvgIpc) is 3.07. The van der Waals surface area contributed by atoms with Crippen molar-refractivity contribution in [2.75, 3.05) is 6.61 Å². The number of ether oxygens (including phenoxy) is 1. The summed E-state index contributed by atoms with van der Waals surface area (Å²) in [7, 11) is 0. The van der Waals surface area contributed by atoms with Gasteiger partial charge >= 0.3 is 0 Å². The first-order valence-electron chi connectivity index (χ1n) is 8.44. The fourth-order valence-electron chi connectivity index (χ4n) is 5.85. The molecular weight excluding hydrogens is 248 g/mol. The van der Waals surface area contributed by atoms with Crippen LogP contribution in [0, 0.1) is 22.7 Å². The molecule has 0 aromatic heterocycles. The molecule has 1 spiro atoms. The molecule has 3 fully saturated rings. The van der Waals surface area contributed by atoms with Gasteiger partial charge in [0.25, 0.3) is 0 Å². The zero-order valence-electron chi connectivity index (χ0n) is 13.6. The van der Waals surface area contributed by atoms with Gasteiger partial charge in [-0.3, -0.25) is 0 Å². The van der Waals surface area contributed by atoms with Crippen LogP contribution in [0.1, 0.15) is 72.6 Å². The molecule has 0 bridgehead atoms. The molecule has 114 valence electrons. The molecule has 0 radical (unpaired) electrons. The van der Waals surface area contributed by atoms with E-state index >= 15 is 0 Å². The monoisotopic (exact) mass is 278 g/mol. The molecule has 3 rings (SSSR count). The van der Waals surface area contributed by atoms with E-state index < -0.39 is 0 Å². The van der Waals surface area contributed by atoms with Crippen molar-refractivity contribution in [2.24, 2.45) is 22.7 Å². The molecule has 3 aliphatic rings. The van der Waals surface area contributed by atoms with Gasteiger partial charge in [-0.1, -0.05) is 27.2 Å². The number of hydrogen-bond donors (Lipinski definition) is 0. The first-order valence-corrected chi connectivity index (χ1v) is 8.44. The van der Waals surface area contributed by atoms with Gasteiger partial charge in [0.05, 0.1) is 12.2 Å². The highest BCUT2D eigenvalue weighted by atomic mass is 16.6. The molecule has 1 saturated heterocycles. The molecule has 2 heteroatoms. The largest absolute Gasteiger partial charge is 0.369 e. The Labute approximate surface area is 123 Å². The van der Waals surface area contributed by atoms with Crippen LogP contribution in [0.5, 0.6) is 0 Å². The molecule has 4 atom stereocenters. The number of fused-ring (bicyclic) bond motifs is 1. The molecule has 1 aliphatic heterocycles. The molecule has 0 aromatic carbocycles. The van der Waals surface area contributed by atoms with Gasteiger partial charge in [0, 0.05) is 6.42 Å². The van der Waals surface area contributed by atoms with E-state index in [-0.39, 0.29) is 5.60 Å². The molecule has 0 N–H and O–H groups in total. The first-order chi connectivity index (χ1) is 9.30. The van der Waals surface area contributed by atoms with Crippen LogP contribution in [0.25, 0.3) is 0 Å². The van der Waals surface area contributed by atoms with Crippen LogP contribution in [-0.4, -0.2) is 18.0 Å². The Bertz CT molecular complexity index is 408. The molecule has 0 amide bonds. The highest BCUT2D eigenvalue weighted by molar-refractivity contribution is 5.75. The maximum Gasteiger partial charge on any atom is 0.129 e. The average molecular weight is 278 g/mol. The van der Waals surface area contributed by atoms with Gasteiger partial charge in [-0.05, 0) is 61.7 Å². The van der Waals surface area contributed by atoms with Crippen LogP contribution >= 0.6 is 0 Å². The summed E-state index contributed by atoms with van der Waals surface area (Å²) in [5.74, 6) is 1.73. The van der Waals surface area contributed by atoms with E-state index in [2.05, 4.69) is 20.8 Å². The van der Waals surface area contributed by atoms with Crippen molar-refractivity contribution in [3.8, 4) is 0 Å². The van der Waals surface area contributed by atoms with E-state index in [0.717, 1.165) is 25.4 Å². The van der Waals surface area contributed by atoms with Crippen LogP contribution < -0.4 is 0 Å². The van der Waals surface area contributed by atoms with Crippen LogP contribution in [0.4, 0.5) is 0 Å². The minimum Gasteiger partial charge on any atom is -0.369 e. The highest BCUT2D eigenvalue weighted by Crippen LogP contribution is 2.66. The number of ketones is 1. The van der Waals surface area contributed by atoms with Gasteiger partial charge in [-0.2, -0.15) is 0 Å². The Kier molecular flexibility index (Phi) is 3.32. The summed E-state index contributed by atoms with van der Waals surface area (Å²) in [6.45, 7) is 10.1. The molecule has 20 heavy (non-hydrogen) atoms. The summed E-state index contributed by atoms with van der Waals surface area (Å²) in [6, 6.07) is 0. The van der Waals surface area contributed by atoms with Gasteiger partial charge in [0.1, 0.15) is 5.78 Å². The van der Waals surface area contributed by atoms with Gasteiger partial charge < -0.3 is 9.53 Å². The second kappa shape index (κ2) is 4.56. The Morgan fingerprint density at radius 2 is 1.90 bits per heavy atom. The van der Waals surface area contributed by atoms with E-state index in [4.69, 9.17) is 4.74 Å². The Balaban J connectivity index is 1.88. The minimum atomic E-state index is 0.147. The lowest BCUT2D eigenvalue weighted by Crippen LogP contribution is -2.54. The van der Waals surface area contributed by atoms with Gasteiger partial charge in [-0.15, -0.1) is 0 Å². The molecule has 0 aromatic rings. The summed E-state index contributed by atoms with van der Waals surface area (Å²) in [6.07, 6.45) is 8.35. The second-order valence-electron chi connectivity index (χ2n) is 8.59. The topological polar surface area (TPSA) is 29.6 Å². The molecular formula is C18H30O2. The van der Waals surface area contributed by atoms with Gasteiger partial charge in [0.15, 0.2) is 0 Å². The van der Waals surface area contributed by atoms with Crippen molar-refractivity contribution in [3.05, 3.63) is 0 Å². The Morgan fingerprint density at radius 3 is 2.50 bits per heavy atom. The highest BCUT2D eigenvalue weighted by Gasteiger charge is 2.64. The summed E-state index contributed by atoms with van der Waals surface area (Å²) < 4.78 is 5.95. The fraction of sp³-hybridized carbons (Fsp3) is 0.944. The maximum absolute atomic E-state index is 11.5. The summed E-state index contributed by atoms with van der Waals surface area (Å²) in [4.78, 5) is 11.5. The quantitative estimate of drug-likeness (QED) is 0.718. The molecule has 2 saturated carbocycles. The van der Waals surface area contributed by atoms with Crippen molar-refractivity contribution < 1.29 is 9.53 Å². The Morgan fingerprint density at radius 1 is 1.20 bits per heavy atom. The predicted octanol–water partition coefficient (Wildman–Crippen LogP) is 4.37. The van der Waals surface area contributed by atoms with Crippen LogP contribution in [-0.2, 0) is 9.53 Å². The number of epoxide rings is 1. The van der Waals surface area contributed by atoms with Crippen molar-refractivity contribution in [2.45, 2.75) is 78.2 Å². The van der Waals surface area contributed by atoms with Crippen molar-refractivity contribution in [1.82, 2.24) is 0 Å². The molecule has 1 heterocycles. The van der Waals surface area contributed by atoms with Crippen molar-refractivity contribution in [1.29, 1.82) is 0 Å². The number of rotatable bonds is 3. The Hall–Kier alpha value is -0.370. The number of hydrogen-bond acceptors (Lipinski definition) is 2. The van der Waals surface area contributed by atoms with Crippen molar-refractivity contribution >= 4 is 5.78 Å². The van der Waals surface area contributed by atoms with Crippen LogP contribution in [0.2, 0.25) is 0 Å². The van der Waals surface area contributed by atoms with E-state index in [9.17, 15) is 4.79 Å². The molecule has 2 aliphatic carbocycles. The third-order valence-corrected chi connectivity index (χ3v) is 6.86.